The summed E-state index contributed by atoms with van der Waals surface area (Å²) in [7, 11) is 0. The molecule has 222 valence electrons. The molecule has 0 radical (unpaired) electrons. The molecule has 0 saturated heterocycles. The lowest BCUT2D eigenvalue weighted by atomic mass is 10.1. The Bertz CT molecular complexity index is 1160. The van der Waals surface area contributed by atoms with E-state index in [4.69, 9.17) is 0 Å². The number of aryl methyl sites for hydroxylation is 2. The van der Waals surface area contributed by atoms with Gasteiger partial charge in [0.2, 0.25) is 0 Å². The van der Waals surface area contributed by atoms with Gasteiger partial charge in [-0.25, -0.2) is 0 Å². The second-order valence-electron chi connectivity index (χ2n) is 9.55. The van der Waals surface area contributed by atoms with Gasteiger partial charge in [0, 0.05) is 58.9 Å². The van der Waals surface area contributed by atoms with Crippen molar-refractivity contribution in [2.75, 3.05) is 32.7 Å². The van der Waals surface area contributed by atoms with Crippen LogP contribution in [0.2, 0.25) is 0 Å². The third kappa shape index (κ3) is 13.0. The normalized spacial score (nSPS) is 11.2. The molecule has 15 nitrogen and oxygen atoms in total. The Morgan fingerprint density at radius 3 is 0.951 bits per heavy atom. The fraction of sp³-hybridized carbons (Fsp3) is 0.423. The van der Waals surface area contributed by atoms with Crippen LogP contribution in [0.3, 0.4) is 0 Å². The first-order chi connectivity index (χ1) is 19.2. The highest BCUT2D eigenvalue weighted by Crippen LogP contribution is 2.14. The average Bonchev–Trinajstić information content (AvgIpc) is 2.75. The van der Waals surface area contributed by atoms with Crippen molar-refractivity contribution >= 4 is 29.8 Å². The van der Waals surface area contributed by atoms with Crippen molar-refractivity contribution in [3.63, 3.8) is 0 Å². The van der Waals surface area contributed by atoms with Crippen molar-refractivity contribution in [2.45, 2.75) is 40.0 Å². The van der Waals surface area contributed by atoms with Gasteiger partial charge in [0.05, 0.1) is 52.6 Å². The van der Waals surface area contributed by atoms with Gasteiger partial charge in [0.25, 0.3) is 0 Å². The smallest absolute Gasteiger partial charge is 0.0555 e. The molecule has 0 aliphatic rings. The number of nitrogens with zero attached hydrogens (tertiary/aromatic N) is 5. The number of hydrogen-bond donors (Lipinski definition) is 0. The molecule has 0 aliphatic carbocycles. The van der Waals surface area contributed by atoms with Gasteiger partial charge in [-0.2, -0.15) is 0 Å². The third-order valence-corrected chi connectivity index (χ3v) is 5.46. The number of carbonyl (C=O) groups is 5. The van der Waals surface area contributed by atoms with E-state index in [0.29, 0.717) is 33.9 Å². The number of aromatic nitrogens is 2. The number of hydrogen-bond acceptors (Lipinski definition) is 15. The van der Waals surface area contributed by atoms with Gasteiger partial charge < -0.3 is 49.5 Å². The minimum Gasteiger partial charge on any atom is -0.549 e. The zero-order chi connectivity index (χ0) is 30.7. The first kappa shape index (κ1) is 32.7. The maximum atomic E-state index is 11.5. The highest BCUT2D eigenvalue weighted by Gasteiger charge is 2.15. The van der Waals surface area contributed by atoms with E-state index >= 15 is 0 Å². The van der Waals surface area contributed by atoms with Crippen LogP contribution in [0.25, 0.3) is 0 Å². The van der Waals surface area contributed by atoms with Crippen molar-refractivity contribution < 1.29 is 49.5 Å². The van der Waals surface area contributed by atoms with Gasteiger partial charge in [-0.05, 0) is 49.2 Å². The molecule has 0 N–H and O–H groups in total. The monoisotopic (exact) mass is 570 g/mol. The van der Waals surface area contributed by atoms with E-state index in [1.54, 1.807) is 38.1 Å². The summed E-state index contributed by atoms with van der Waals surface area (Å²) in [5.74, 6) is -7.30. The molecule has 2 rings (SSSR count). The lowest BCUT2D eigenvalue weighted by Crippen LogP contribution is -2.44. The molecule has 0 spiro atoms. The van der Waals surface area contributed by atoms with Crippen LogP contribution < -0.4 is 25.5 Å². The molecule has 0 aliphatic heterocycles. The minimum absolute atomic E-state index is 0.00389. The Balaban J connectivity index is 2.28. The number of aliphatic carboxylic acids is 5. The van der Waals surface area contributed by atoms with Gasteiger partial charge in [-0.1, -0.05) is 0 Å². The molecule has 0 amide bonds. The van der Waals surface area contributed by atoms with E-state index in [2.05, 4.69) is 9.97 Å². The SMILES string of the molecule is Cc1cc(CN(CC(=O)[O-])CC(=O)[O-])nc(CN(CC(=O)[O-])Cc2cc(C)cc(CN(CC(=O)[O-])CC(=O)[O-])n2)c1. The molecule has 0 aromatic carbocycles. The molecule has 0 unspecified atom stereocenters. The zero-order valence-corrected chi connectivity index (χ0v) is 22.5. The van der Waals surface area contributed by atoms with Crippen molar-refractivity contribution in [3.8, 4) is 0 Å². The number of carboxylic acids is 5. The molecule has 15 heteroatoms. The average molecular weight is 571 g/mol. The van der Waals surface area contributed by atoms with Crippen molar-refractivity contribution in [1.82, 2.24) is 24.7 Å². The van der Waals surface area contributed by atoms with Crippen molar-refractivity contribution in [1.29, 1.82) is 0 Å². The standard InChI is InChI=1S/C26H33N5O10/c1-16-3-18(27-20(5-16)9-30(12-23(34)35)13-24(36)37)7-29(11-22(32)33)8-19-4-17(2)6-21(28-19)10-31(14-25(38)39)15-26(40)41/h3-6H,7-15H2,1-2H3,(H,32,33)(H,34,35)(H,36,37)(H,38,39)(H,40,41)/p-5. The molecule has 2 aromatic rings. The maximum Gasteiger partial charge on any atom is 0.0555 e. The van der Waals surface area contributed by atoms with E-state index in [1.807, 2.05) is 0 Å². The lowest BCUT2D eigenvalue weighted by Gasteiger charge is -2.25. The van der Waals surface area contributed by atoms with Crippen LogP contribution in [0.1, 0.15) is 33.9 Å². The number of carbonyl (C=O) groups excluding carboxylic acids is 5. The first-order valence-electron chi connectivity index (χ1n) is 12.3. The number of pyridine rings is 2. The van der Waals surface area contributed by atoms with Crippen LogP contribution in [0.4, 0.5) is 0 Å². The highest BCUT2D eigenvalue weighted by molar-refractivity contribution is 5.71. The fourth-order valence-corrected chi connectivity index (χ4v) is 4.29. The molecular formula is C26H28N5O10-5. The molecule has 0 atom stereocenters. The molecule has 0 bridgehead atoms. The Morgan fingerprint density at radius 1 is 0.488 bits per heavy atom. The minimum atomic E-state index is -1.48. The molecule has 41 heavy (non-hydrogen) atoms. The van der Waals surface area contributed by atoms with E-state index in [1.165, 1.54) is 4.90 Å². The van der Waals surface area contributed by atoms with Gasteiger partial charge >= 0.3 is 0 Å². The predicted molar refractivity (Wildman–Crippen MR) is 128 cm³/mol. The van der Waals surface area contributed by atoms with Crippen LogP contribution in [0.15, 0.2) is 24.3 Å². The van der Waals surface area contributed by atoms with Crippen LogP contribution in [0.5, 0.6) is 0 Å². The van der Waals surface area contributed by atoms with Gasteiger partial charge in [-0.15, -0.1) is 0 Å². The Kier molecular flexibility index (Phi) is 12.3. The molecular weight excluding hydrogens is 542 g/mol. The predicted octanol–water partition coefficient (Wildman–Crippen LogP) is -6.55. The quantitative estimate of drug-likeness (QED) is 0.162. The summed E-state index contributed by atoms with van der Waals surface area (Å²) >= 11 is 0. The van der Waals surface area contributed by atoms with Crippen LogP contribution in [-0.4, -0.2) is 87.2 Å². The summed E-state index contributed by atoms with van der Waals surface area (Å²) in [4.78, 5) is 68.0. The molecule has 0 fully saturated rings. The van der Waals surface area contributed by atoms with Crippen LogP contribution in [0, 0.1) is 13.8 Å². The summed E-state index contributed by atoms with van der Waals surface area (Å²) in [5, 5.41) is 55.6. The maximum absolute atomic E-state index is 11.5. The fourth-order valence-electron chi connectivity index (χ4n) is 4.29. The Morgan fingerprint density at radius 2 is 0.707 bits per heavy atom. The van der Waals surface area contributed by atoms with Crippen molar-refractivity contribution in [2.24, 2.45) is 0 Å². The summed E-state index contributed by atoms with van der Waals surface area (Å²) in [6.45, 7) is -0.00656. The van der Waals surface area contributed by atoms with Crippen molar-refractivity contribution in [3.05, 3.63) is 58.2 Å². The van der Waals surface area contributed by atoms with E-state index < -0.39 is 62.6 Å². The highest BCUT2D eigenvalue weighted by atomic mass is 16.4. The van der Waals surface area contributed by atoms with E-state index in [9.17, 15) is 49.5 Å². The number of carboxylic acid groups (broad SMARTS) is 5. The molecule has 2 aromatic heterocycles. The van der Waals surface area contributed by atoms with Gasteiger partial charge in [0.1, 0.15) is 0 Å². The first-order valence-corrected chi connectivity index (χ1v) is 12.3. The Hall–Kier alpha value is -4.47. The summed E-state index contributed by atoms with van der Waals surface area (Å²) in [6, 6.07) is 6.62. The Labute approximate surface area is 235 Å². The molecule has 0 saturated carbocycles. The summed E-state index contributed by atoms with van der Waals surface area (Å²) in [6.07, 6.45) is 0. The van der Waals surface area contributed by atoms with E-state index in [-0.39, 0.29) is 26.2 Å². The second kappa shape index (κ2) is 15.4. The lowest BCUT2D eigenvalue weighted by molar-refractivity contribution is -0.313. The second-order valence-corrected chi connectivity index (χ2v) is 9.55. The molecule has 2 heterocycles. The van der Waals surface area contributed by atoms with Crippen LogP contribution in [-0.2, 0) is 50.2 Å². The largest absolute Gasteiger partial charge is 0.549 e. The summed E-state index contributed by atoms with van der Waals surface area (Å²) < 4.78 is 0. The number of rotatable bonds is 18. The van der Waals surface area contributed by atoms with Crippen LogP contribution >= 0.6 is 0 Å². The zero-order valence-electron chi connectivity index (χ0n) is 22.5. The van der Waals surface area contributed by atoms with Gasteiger partial charge in [-0.3, -0.25) is 24.7 Å². The van der Waals surface area contributed by atoms with Gasteiger partial charge in [0.15, 0.2) is 0 Å². The summed E-state index contributed by atoms with van der Waals surface area (Å²) in [5.41, 5.74) is 2.91. The van der Waals surface area contributed by atoms with E-state index in [0.717, 1.165) is 9.80 Å². The topological polar surface area (TPSA) is 236 Å². The third-order valence-electron chi connectivity index (χ3n) is 5.46.